The minimum atomic E-state index is -0.558. The number of hydrogen-bond donors (Lipinski definition) is 0. The molecule has 0 N–H and O–H groups in total. The Kier molecular flexibility index (Phi) is 6.16. The van der Waals surface area contributed by atoms with Gasteiger partial charge in [0.2, 0.25) is 5.78 Å². The molecule has 2 aromatic heterocycles. The summed E-state index contributed by atoms with van der Waals surface area (Å²) in [6, 6.07) is 13.2. The highest BCUT2D eigenvalue weighted by Crippen LogP contribution is 2.21. The predicted molar refractivity (Wildman–Crippen MR) is 107 cm³/mol. The van der Waals surface area contributed by atoms with Crippen LogP contribution >= 0.6 is 11.8 Å². The van der Waals surface area contributed by atoms with Gasteiger partial charge in [0.15, 0.2) is 12.4 Å². The molecule has 6 nitrogen and oxygen atoms in total. The summed E-state index contributed by atoms with van der Waals surface area (Å²) >= 11 is 1.40. The van der Waals surface area contributed by atoms with Crippen molar-refractivity contribution >= 4 is 23.5 Å². The SMILES string of the molecule is Cc1cc(-n2c(C)cc(C(=O)COC(=O)/C=C/Sc3ccccc3)c2C)no1. The maximum Gasteiger partial charge on any atom is 0.331 e. The molecule has 28 heavy (non-hydrogen) atoms. The number of carbonyl (C=O) groups is 2. The number of nitrogens with zero attached hydrogens (tertiary/aromatic N) is 2. The first-order valence-corrected chi connectivity index (χ1v) is 9.54. The molecule has 0 unspecified atom stereocenters. The maximum absolute atomic E-state index is 12.5. The fraction of sp³-hybridized carbons (Fsp3) is 0.190. The zero-order valence-electron chi connectivity index (χ0n) is 15.8. The van der Waals surface area contributed by atoms with Gasteiger partial charge in [-0.25, -0.2) is 4.79 Å². The largest absolute Gasteiger partial charge is 0.454 e. The Morgan fingerprint density at radius 1 is 1.18 bits per heavy atom. The quantitative estimate of drug-likeness (QED) is 0.255. The van der Waals surface area contributed by atoms with Crippen molar-refractivity contribution in [3.8, 4) is 5.82 Å². The number of carbonyl (C=O) groups excluding carboxylic acids is 2. The summed E-state index contributed by atoms with van der Waals surface area (Å²) in [4.78, 5) is 25.4. The van der Waals surface area contributed by atoms with E-state index in [4.69, 9.17) is 9.26 Å². The average molecular weight is 396 g/mol. The van der Waals surface area contributed by atoms with Crippen LogP contribution in [0.5, 0.6) is 0 Å². The van der Waals surface area contributed by atoms with Gasteiger partial charge in [-0.2, -0.15) is 0 Å². The number of rotatable bonds is 7. The molecule has 0 aliphatic rings. The summed E-state index contributed by atoms with van der Waals surface area (Å²) in [5.74, 6) is 0.476. The minimum absolute atomic E-state index is 0.267. The van der Waals surface area contributed by atoms with Gasteiger partial charge in [-0.1, -0.05) is 35.1 Å². The number of thioether (sulfide) groups is 1. The highest BCUT2D eigenvalue weighted by molar-refractivity contribution is 8.02. The summed E-state index contributed by atoms with van der Waals surface area (Å²) in [6.07, 6.45) is 1.31. The molecule has 7 heteroatoms. The molecule has 0 amide bonds. The van der Waals surface area contributed by atoms with Crippen LogP contribution in [-0.2, 0) is 9.53 Å². The third kappa shape index (κ3) is 4.61. The number of ether oxygens (including phenoxy) is 1. The van der Waals surface area contributed by atoms with Crippen molar-refractivity contribution in [2.75, 3.05) is 6.61 Å². The second kappa shape index (κ2) is 8.75. The van der Waals surface area contributed by atoms with Gasteiger partial charge in [-0.3, -0.25) is 9.36 Å². The first-order valence-electron chi connectivity index (χ1n) is 8.66. The van der Waals surface area contributed by atoms with E-state index in [-0.39, 0.29) is 12.4 Å². The zero-order valence-corrected chi connectivity index (χ0v) is 16.7. The van der Waals surface area contributed by atoms with Gasteiger partial charge in [0.25, 0.3) is 0 Å². The fourth-order valence-electron chi connectivity index (χ4n) is 2.79. The lowest BCUT2D eigenvalue weighted by molar-refractivity contribution is -0.136. The lowest BCUT2D eigenvalue weighted by atomic mass is 10.1. The summed E-state index contributed by atoms with van der Waals surface area (Å²) in [7, 11) is 0. The standard InChI is InChI=1S/C21H20N2O4S/c1-14-11-18(16(3)23(14)20-12-15(2)27-22-20)19(24)13-26-21(25)9-10-28-17-7-5-4-6-8-17/h4-12H,13H2,1-3H3/b10-9+. The van der Waals surface area contributed by atoms with E-state index in [2.05, 4.69) is 5.16 Å². The third-order valence-electron chi connectivity index (χ3n) is 4.07. The normalized spacial score (nSPS) is 11.1. The number of ketones is 1. The lowest BCUT2D eigenvalue weighted by Gasteiger charge is -2.05. The fourth-order valence-corrected chi connectivity index (χ4v) is 3.44. The number of Topliss-reactive ketones (excluding diaryl/α,β-unsaturated/α-hetero) is 1. The van der Waals surface area contributed by atoms with Gasteiger partial charge in [0, 0.05) is 34.0 Å². The summed E-state index contributed by atoms with van der Waals surface area (Å²) < 4.78 is 12.0. The number of benzene rings is 1. The van der Waals surface area contributed by atoms with E-state index in [9.17, 15) is 9.59 Å². The first kappa shape index (κ1) is 19.7. The Bertz CT molecular complexity index is 1020. The molecule has 0 spiro atoms. The monoisotopic (exact) mass is 396 g/mol. The second-order valence-corrected chi connectivity index (χ2v) is 7.16. The second-order valence-electron chi connectivity index (χ2n) is 6.18. The summed E-state index contributed by atoms with van der Waals surface area (Å²) in [5.41, 5.74) is 2.07. The number of hydrogen-bond acceptors (Lipinski definition) is 6. The van der Waals surface area contributed by atoms with Crippen LogP contribution in [0.4, 0.5) is 0 Å². The molecular weight excluding hydrogens is 376 g/mol. The molecule has 0 atom stereocenters. The Morgan fingerprint density at radius 2 is 1.93 bits per heavy atom. The Labute approximate surface area is 167 Å². The van der Waals surface area contributed by atoms with Crippen molar-refractivity contribution < 1.29 is 18.8 Å². The van der Waals surface area contributed by atoms with Gasteiger partial charge >= 0.3 is 5.97 Å². The van der Waals surface area contributed by atoms with Crippen LogP contribution in [0.3, 0.4) is 0 Å². The van der Waals surface area contributed by atoms with Crippen LogP contribution in [-0.4, -0.2) is 28.1 Å². The van der Waals surface area contributed by atoms with Gasteiger partial charge in [0.05, 0.1) is 0 Å². The molecule has 3 rings (SSSR count). The van der Waals surface area contributed by atoms with Crippen LogP contribution in [0.1, 0.15) is 27.5 Å². The van der Waals surface area contributed by atoms with Crippen LogP contribution in [0.2, 0.25) is 0 Å². The van der Waals surface area contributed by atoms with Gasteiger partial charge < -0.3 is 9.26 Å². The summed E-state index contributed by atoms with van der Waals surface area (Å²) in [5, 5.41) is 5.63. The van der Waals surface area contributed by atoms with Crippen LogP contribution in [0, 0.1) is 20.8 Å². The molecule has 2 heterocycles. The Balaban J connectivity index is 1.60. The maximum atomic E-state index is 12.5. The minimum Gasteiger partial charge on any atom is -0.454 e. The highest BCUT2D eigenvalue weighted by atomic mass is 32.2. The van der Waals surface area contributed by atoms with Crippen molar-refractivity contribution in [1.82, 2.24) is 9.72 Å². The van der Waals surface area contributed by atoms with E-state index < -0.39 is 5.97 Å². The predicted octanol–water partition coefficient (Wildman–Crippen LogP) is 4.42. The molecular formula is C21H20N2O4S. The van der Waals surface area contributed by atoms with E-state index in [1.54, 1.807) is 24.5 Å². The van der Waals surface area contributed by atoms with Crippen molar-refractivity contribution in [2.45, 2.75) is 25.7 Å². The van der Waals surface area contributed by atoms with Gasteiger partial charge in [-0.15, -0.1) is 0 Å². The number of esters is 1. The topological polar surface area (TPSA) is 74.3 Å². The third-order valence-corrected chi connectivity index (χ3v) is 4.89. The van der Waals surface area contributed by atoms with E-state index in [0.717, 1.165) is 16.3 Å². The van der Waals surface area contributed by atoms with Crippen LogP contribution < -0.4 is 0 Å². The molecule has 0 fully saturated rings. The van der Waals surface area contributed by atoms with Crippen molar-refractivity contribution in [3.63, 3.8) is 0 Å². The molecule has 0 aliphatic heterocycles. The van der Waals surface area contributed by atoms with Crippen molar-refractivity contribution in [3.05, 3.63) is 76.7 Å². The Morgan fingerprint density at radius 3 is 2.61 bits per heavy atom. The smallest absolute Gasteiger partial charge is 0.331 e. The molecule has 0 aliphatic carbocycles. The van der Waals surface area contributed by atoms with E-state index in [1.165, 1.54) is 17.8 Å². The van der Waals surface area contributed by atoms with E-state index in [0.29, 0.717) is 17.1 Å². The number of aryl methyl sites for hydroxylation is 2. The number of aromatic nitrogens is 2. The van der Waals surface area contributed by atoms with Crippen molar-refractivity contribution in [1.29, 1.82) is 0 Å². The molecule has 144 valence electrons. The van der Waals surface area contributed by atoms with Crippen LogP contribution in [0.15, 0.2) is 63.4 Å². The van der Waals surface area contributed by atoms with E-state index >= 15 is 0 Å². The molecule has 0 saturated heterocycles. The molecule has 0 saturated carbocycles. The lowest BCUT2D eigenvalue weighted by Crippen LogP contribution is -2.13. The molecule has 0 radical (unpaired) electrons. The van der Waals surface area contributed by atoms with E-state index in [1.807, 2.05) is 48.7 Å². The summed E-state index contributed by atoms with van der Waals surface area (Å²) in [6.45, 7) is 5.19. The molecule has 1 aromatic carbocycles. The molecule has 3 aromatic rings. The Hall–Kier alpha value is -3.06. The first-order chi connectivity index (χ1) is 13.5. The van der Waals surface area contributed by atoms with Crippen LogP contribution in [0.25, 0.3) is 5.82 Å². The average Bonchev–Trinajstić information content (AvgIpc) is 3.23. The zero-order chi connectivity index (χ0) is 20.1. The molecule has 0 bridgehead atoms. The van der Waals surface area contributed by atoms with Gasteiger partial charge in [0.1, 0.15) is 5.76 Å². The van der Waals surface area contributed by atoms with Crippen molar-refractivity contribution in [2.24, 2.45) is 0 Å². The van der Waals surface area contributed by atoms with Gasteiger partial charge in [-0.05, 0) is 44.4 Å². The highest BCUT2D eigenvalue weighted by Gasteiger charge is 2.19.